The summed E-state index contributed by atoms with van der Waals surface area (Å²) in [7, 11) is 0. The number of aryl methyl sites for hydroxylation is 1. The van der Waals surface area contributed by atoms with Crippen LogP contribution in [-0.2, 0) is 0 Å². The van der Waals surface area contributed by atoms with Gasteiger partial charge in [-0.1, -0.05) is 109 Å². The fourth-order valence-corrected chi connectivity index (χ4v) is 7.75. The number of hydrogen-bond donors (Lipinski definition) is 0. The largest absolute Gasteiger partial charge is 0.455 e. The number of fused-ring (bicyclic) bond motifs is 9. The Morgan fingerprint density at radius 2 is 1.08 bits per heavy atom. The molecule has 2 aromatic heterocycles. The highest BCUT2D eigenvalue weighted by Gasteiger charge is 2.22. The van der Waals surface area contributed by atoms with Gasteiger partial charge >= 0.3 is 0 Å². The van der Waals surface area contributed by atoms with E-state index >= 15 is 0 Å². The minimum absolute atomic E-state index is 0.916. The van der Waals surface area contributed by atoms with Crippen LogP contribution in [0.2, 0.25) is 0 Å². The first-order valence-corrected chi connectivity index (χ1v) is 16.4. The summed E-state index contributed by atoms with van der Waals surface area (Å²) in [6.45, 7) is 2.17. The van der Waals surface area contributed by atoms with E-state index in [-0.39, 0.29) is 0 Å². The van der Waals surface area contributed by atoms with Crippen molar-refractivity contribution in [3.05, 3.63) is 169 Å². The topological polar surface area (TPSA) is 21.3 Å². The van der Waals surface area contributed by atoms with E-state index in [0.29, 0.717) is 0 Å². The molecule has 0 bridgehead atoms. The molecule has 0 aliphatic rings. The van der Waals surface area contributed by atoms with Gasteiger partial charge in [0.1, 0.15) is 11.2 Å². The fraction of sp³-hybridized carbons (Fsp3) is 0.0222. The van der Waals surface area contributed by atoms with Crippen molar-refractivity contribution in [3.8, 4) is 5.69 Å². The molecule has 3 nitrogen and oxygen atoms in total. The first-order chi connectivity index (χ1) is 23.7. The molecule has 226 valence electrons. The normalized spacial score (nSPS) is 11.9. The summed E-state index contributed by atoms with van der Waals surface area (Å²) in [4.78, 5) is 2.43. The maximum absolute atomic E-state index is 6.57. The third-order valence-electron chi connectivity index (χ3n) is 9.88. The average molecular weight is 615 g/mol. The molecule has 0 radical (unpaired) electrons. The number of nitrogens with zero attached hydrogens (tertiary/aromatic N) is 2. The van der Waals surface area contributed by atoms with Crippen molar-refractivity contribution in [1.82, 2.24) is 4.57 Å². The van der Waals surface area contributed by atoms with E-state index in [1.54, 1.807) is 0 Å². The molecule has 0 aliphatic heterocycles. The molecule has 0 aliphatic carbocycles. The monoisotopic (exact) mass is 614 g/mol. The van der Waals surface area contributed by atoms with Gasteiger partial charge in [-0.25, -0.2) is 0 Å². The van der Waals surface area contributed by atoms with Gasteiger partial charge in [-0.15, -0.1) is 0 Å². The lowest BCUT2D eigenvalue weighted by Gasteiger charge is -2.28. The Labute approximate surface area is 277 Å². The Morgan fingerprint density at radius 1 is 0.479 bits per heavy atom. The minimum Gasteiger partial charge on any atom is -0.455 e. The van der Waals surface area contributed by atoms with Crippen LogP contribution in [0.3, 0.4) is 0 Å². The molecule has 10 aromatic rings. The van der Waals surface area contributed by atoms with Crippen LogP contribution in [0.1, 0.15) is 5.56 Å². The van der Waals surface area contributed by atoms with E-state index in [0.717, 1.165) is 50.1 Å². The number of aromatic nitrogens is 1. The number of furan rings is 1. The predicted molar refractivity (Wildman–Crippen MR) is 202 cm³/mol. The first kappa shape index (κ1) is 26.9. The first-order valence-electron chi connectivity index (χ1n) is 16.4. The summed E-state index contributed by atoms with van der Waals surface area (Å²) >= 11 is 0. The summed E-state index contributed by atoms with van der Waals surface area (Å²) in [5, 5.41) is 9.46. The molecule has 0 unspecified atom stereocenters. The molecule has 48 heavy (non-hydrogen) atoms. The van der Waals surface area contributed by atoms with Crippen molar-refractivity contribution in [2.24, 2.45) is 0 Å². The smallest absolute Gasteiger partial charge is 0.143 e. The van der Waals surface area contributed by atoms with E-state index in [1.807, 2.05) is 0 Å². The van der Waals surface area contributed by atoms with Crippen LogP contribution in [0.5, 0.6) is 0 Å². The second-order valence-corrected chi connectivity index (χ2v) is 12.6. The van der Waals surface area contributed by atoms with Gasteiger partial charge in [0, 0.05) is 49.1 Å². The summed E-state index contributed by atoms with van der Waals surface area (Å²) in [6, 6.07) is 58.9. The second kappa shape index (κ2) is 10.3. The molecule has 2 heterocycles. The van der Waals surface area contributed by atoms with Gasteiger partial charge in [0.2, 0.25) is 0 Å². The van der Waals surface area contributed by atoms with Crippen molar-refractivity contribution in [2.75, 3.05) is 4.90 Å². The SMILES string of the molecule is Cc1cccc2oc3c4ccccc4c(N(c4ccc(-n5c6ccccc6c6ccccc65)cc4)c4cccc5ccccc45)cc3c12. The predicted octanol–water partition coefficient (Wildman–Crippen LogP) is 12.8. The van der Waals surface area contributed by atoms with Crippen LogP contribution in [-0.4, -0.2) is 4.57 Å². The van der Waals surface area contributed by atoms with Crippen LogP contribution >= 0.6 is 0 Å². The highest BCUT2D eigenvalue weighted by Crippen LogP contribution is 2.46. The standard InChI is InChI=1S/C45H30N2O/c1-29-12-10-23-43-44(29)38-28-42(36-18-4-5-19-37(36)45(38)48-43)47(39-22-11-14-30-13-2-3-15-33(30)39)32-26-24-31(25-27-32)46-40-20-8-6-16-34(40)35-17-7-9-21-41(35)46/h2-28H,1H3. The average Bonchev–Trinajstić information content (AvgIpc) is 3.69. The van der Waals surface area contributed by atoms with E-state index in [4.69, 9.17) is 4.42 Å². The molecule has 3 heteroatoms. The van der Waals surface area contributed by atoms with Gasteiger partial charge in [0.05, 0.1) is 22.4 Å². The summed E-state index contributed by atoms with van der Waals surface area (Å²) in [5.74, 6) is 0. The van der Waals surface area contributed by atoms with Crippen molar-refractivity contribution in [2.45, 2.75) is 6.92 Å². The van der Waals surface area contributed by atoms with E-state index in [9.17, 15) is 0 Å². The maximum atomic E-state index is 6.57. The Kier molecular flexibility index (Phi) is 5.79. The molecule has 0 atom stereocenters. The van der Waals surface area contributed by atoms with Crippen LogP contribution in [0, 0.1) is 6.92 Å². The zero-order valence-electron chi connectivity index (χ0n) is 26.4. The zero-order chi connectivity index (χ0) is 31.8. The number of para-hydroxylation sites is 2. The molecule has 0 amide bonds. The Morgan fingerprint density at radius 3 is 1.83 bits per heavy atom. The molecule has 10 rings (SSSR count). The number of rotatable bonds is 4. The van der Waals surface area contributed by atoms with Crippen molar-refractivity contribution in [1.29, 1.82) is 0 Å². The maximum Gasteiger partial charge on any atom is 0.143 e. The quantitative estimate of drug-likeness (QED) is 0.197. The van der Waals surface area contributed by atoms with E-state index in [2.05, 4.69) is 180 Å². The molecular weight excluding hydrogens is 585 g/mol. The van der Waals surface area contributed by atoms with Gasteiger partial charge in [-0.05, 0) is 72.5 Å². The van der Waals surface area contributed by atoms with Crippen LogP contribution in [0.25, 0.3) is 71.0 Å². The van der Waals surface area contributed by atoms with Crippen LogP contribution < -0.4 is 4.90 Å². The van der Waals surface area contributed by atoms with Crippen molar-refractivity contribution in [3.63, 3.8) is 0 Å². The molecule has 8 aromatic carbocycles. The Bertz CT molecular complexity index is 2800. The summed E-state index contributed by atoms with van der Waals surface area (Å²) in [5.41, 5.74) is 9.93. The zero-order valence-corrected chi connectivity index (χ0v) is 26.4. The van der Waals surface area contributed by atoms with Gasteiger partial charge < -0.3 is 13.9 Å². The Balaban J connectivity index is 1.26. The lowest BCUT2D eigenvalue weighted by molar-refractivity contribution is 0.672. The lowest BCUT2D eigenvalue weighted by atomic mass is 9.99. The summed E-state index contributed by atoms with van der Waals surface area (Å²) < 4.78 is 8.94. The molecule has 0 N–H and O–H groups in total. The van der Waals surface area contributed by atoms with Gasteiger partial charge in [0.15, 0.2) is 0 Å². The molecule has 0 spiro atoms. The van der Waals surface area contributed by atoms with E-state index < -0.39 is 0 Å². The summed E-state index contributed by atoms with van der Waals surface area (Å²) in [6.07, 6.45) is 0. The third kappa shape index (κ3) is 3.88. The number of anilines is 3. The van der Waals surface area contributed by atoms with Crippen LogP contribution in [0.15, 0.2) is 168 Å². The third-order valence-corrected chi connectivity index (χ3v) is 9.88. The highest BCUT2D eigenvalue weighted by molar-refractivity contribution is 6.21. The fourth-order valence-electron chi connectivity index (χ4n) is 7.75. The minimum atomic E-state index is 0.916. The molecule has 0 saturated carbocycles. The second-order valence-electron chi connectivity index (χ2n) is 12.6. The number of hydrogen-bond acceptors (Lipinski definition) is 2. The molecule has 0 saturated heterocycles. The Hall–Kier alpha value is -6.32. The van der Waals surface area contributed by atoms with Crippen molar-refractivity contribution < 1.29 is 4.42 Å². The van der Waals surface area contributed by atoms with Crippen molar-refractivity contribution >= 4 is 82.4 Å². The van der Waals surface area contributed by atoms with Gasteiger partial charge in [0.25, 0.3) is 0 Å². The molecule has 0 fully saturated rings. The van der Waals surface area contributed by atoms with E-state index in [1.165, 1.54) is 43.5 Å². The lowest BCUT2D eigenvalue weighted by Crippen LogP contribution is -2.11. The molecular formula is C45H30N2O. The van der Waals surface area contributed by atoms with Crippen LogP contribution in [0.4, 0.5) is 17.1 Å². The van der Waals surface area contributed by atoms with Gasteiger partial charge in [-0.3, -0.25) is 0 Å². The van der Waals surface area contributed by atoms with Gasteiger partial charge in [-0.2, -0.15) is 0 Å². The number of benzene rings is 8. The highest BCUT2D eigenvalue weighted by atomic mass is 16.3.